The molecule has 1 nitrogen and oxygen atoms in total. The van der Waals surface area contributed by atoms with Gasteiger partial charge in [0.1, 0.15) is 6.10 Å². The highest BCUT2D eigenvalue weighted by atomic mass is 16.5. The van der Waals surface area contributed by atoms with E-state index in [-0.39, 0.29) is 13.2 Å². The van der Waals surface area contributed by atoms with Gasteiger partial charge in [-0.2, -0.15) is 0 Å². The van der Waals surface area contributed by atoms with Crippen molar-refractivity contribution < 1.29 is 6.11 Å². The van der Waals surface area contributed by atoms with Crippen molar-refractivity contribution in [2.75, 3.05) is 7.09 Å². The summed E-state index contributed by atoms with van der Waals surface area (Å²) in [7, 11) is -0.0333. The molecule has 0 amide bonds. The first-order valence-corrected chi connectivity index (χ1v) is 4.92. The van der Waals surface area contributed by atoms with E-state index in [1.807, 2.05) is 60.7 Å². The van der Waals surface area contributed by atoms with E-state index in [4.69, 9.17) is 6.11 Å². The lowest BCUT2D eigenvalue weighted by atomic mass is 10.0. The molecule has 0 aromatic heterocycles. The fourth-order valence-electron chi connectivity index (χ4n) is 1.64. The van der Waals surface area contributed by atoms with Crippen LogP contribution in [0.5, 0.6) is 0 Å². The maximum atomic E-state index is 7.21. The predicted octanol–water partition coefficient (Wildman–Crippen LogP) is 3.42. The van der Waals surface area contributed by atoms with E-state index in [9.17, 15) is 0 Å². The van der Waals surface area contributed by atoms with Gasteiger partial charge < -0.3 is 4.74 Å². The van der Waals surface area contributed by atoms with Crippen LogP contribution in [-0.4, -0.2) is 7.09 Å². The third-order valence-corrected chi connectivity index (χ3v) is 2.37. The Morgan fingerprint density at radius 3 is 1.73 bits per heavy atom. The Kier molecular flexibility index (Phi) is 2.76. The fourth-order valence-corrected chi connectivity index (χ4v) is 1.64. The van der Waals surface area contributed by atoms with Crippen molar-refractivity contribution in [1.82, 2.24) is 0 Å². The molecule has 0 spiro atoms. The van der Waals surface area contributed by atoms with Gasteiger partial charge in [-0.3, -0.25) is 0 Å². The fraction of sp³-hybridized carbons (Fsp3) is 0.143. The number of hydrogen-bond donors (Lipinski definition) is 0. The highest BCUT2D eigenvalue weighted by Gasteiger charge is 2.11. The molecule has 0 unspecified atom stereocenters. The minimum Gasteiger partial charge on any atom is -0.372 e. The first-order valence-electron chi connectivity index (χ1n) is 5.63. The molecule has 0 fully saturated rings. The largest absolute Gasteiger partial charge is 0.372 e. The summed E-state index contributed by atoms with van der Waals surface area (Å²) in [6, 6.07) is 20.0. The Morgan fingerprint density at radius 2 is 1.33 bits per heavy atom. The molecule has 2 aromatic carbocycles. The second-order valence-corrected chi connectivity index (χ2v) is 3.37. The van der Waals surface area contributed by atoms with Crippen LogP contribution in [0, 0.1) is 0 Å². The molecule has 1 heteroatoms. The molecule has 0 aliphatic rings. The maximum Gasteiger partial charge on any atom is 0.107 e. The average molecular weight is 199 g/mol. The molecule has 76 valence electrons. The van der Waals surface area contributed by atoms with Gasteiger partial charge >= 0.3 is 0 Å². The van der Waals surface area contributed by atoms with Crippen molar-refractivity contribution in [3.05, 3.63) is 71.8 Å². The Balaban J connectivity index is 2.31. The van der Waals surface area contributed by atoms with Gasteiger partial charge in [0.25, 0.3) is 0 Å². The quantitative estimate of drug-likeness (QED) is 0.736. The SMILES string of the molecule is [2H]COC(c1ccccc1)c1ccccc1. The standard InChI is InChI=1S/C14H14O/c1-15-14(12-8-4-2-5-9-12)13-10-6-3-7-11-13/h2-11,14H,1H3/i1D. The van der Waals surface area contributed by atoms with Crippen LogP contribution in [0.4, 0.5) is 0 Å². The van der Waals surface area contributed by atoms with Crippen molar-refractivity contribution in [1.29, 1.82) is 0 Å². The number of rotatable bonds is 3. The Labute approximate surface area is 91.7 Å². The first kappa shape index (κ1) is 8.69. The molecule has 0 radical (unpaired) electrons. The molecule has 0 saturated heterocycles. The van der Waals surface area contributed by atoms with E-state index in [2.05, 4.69) is 0 Å². The Bertz CT molecular complexity index is 374. The van der Waals surface area contributed by atoms with Crippen molar-refractivity contribution in [2.24, 2.45) is 0 Å². The minimum absolute atomic E-state index is 0.0333. The summed E-state index contributed by atoms with van der Waals surface area (Å²) in [5.74, 6) is 0. The summed E-state index contributed by atoms with van der Waals surface area (Å²) in [6.07, 6.45) is -0.139. The Morgan fingerprint density at radius 1 is 0.867 bits per heavy atom. The number of ether oxygens (including phenoxy) is 1. The molecule has 0 atom stereocenters. The Hall–Kier alpha value is -1.60. The van der Waals surface area contributed by atoms with E-state index in [0.717, 1.165) is 11.1 Å². The summed E-state index contributed by atoms with van der Waals surface area (Å²) in [4.78, 5) is 0. The van der Waals surface area contributed by atoms with Crippen LogP contribution in [0.15, 0.2) is 60.7 Å². The zero-order chi connectivity index (χ0) is 11.2. The smallest absolute Gasteiger partial charge is 0.107 e. The molecule has 15 heavy (non-hydrogen) atoms. The van der Waals surface area contributed by atoms with Crippen LogP contribution in [-0.2, 0) is 4.74 Å². The lowest BCUT2D eigenvalue weighted by Crippen LogP contribution is -2.02. The van der Waals surface area contributed by atoms with Gasteiger partial charge in [0.05, 0.1) is 1.37 Å². The second kappa shape index (κ2) is 4.76. The lowest BCUT2D eigenvalue weighted by Gasteiger charge is -2.15. The van der Waals surface area contributed by atoms with Crippen LogP contribution < -0.4 is 0 Å². The minimum atomic E-state index is -0.139. The van der Waals surface area contributed by atoms with Crippen LogP contribution >= 0.6 is 0 Å². The lowest BCUT2D eigenvalue weighted by molar-refractivity contribution is 0.136. The average Bonchev–Trinajstić information content (AvgIpc) is 2.38. The molecular weight excluding hydrogens is 184 g/mol. The monoisotopic (exact) mass is 199 g/mol. The topological polar surface area (TPSA) is 9.23 Å². The van der Waals surface area contributed by atoms with Gasteiger partial charge in [-0.05, 0) is 11.1 Å². The summed E-state index contributed by atoms with van der Waals surface area (Å²) in [5.41, 5.74) is 2.17. The van der Waals surface area contributed by atoms with Gasteiger partial charge in [-0.15, -0.1) is 0 Å². The molecule has 0 aliphatic carbocycles. The van der Waals surface area contributed by atoms with Crippen molar-refractivity contribution in [2.45, 2.75) is 6.10 Å². The third-order valence-electron chi connectivity index (χ3n) is 2.37. The molecule has 0 bridgehead atoms. The molecule has 0 heterocycles. The number of hydrogen-bond acceptors (Lipinski definition) is 1. The highest BCUT2D eigenvalue weighted by Crippen LogP contribution is 2.24. The van der Waals surface area contributed by atoms with Crippen LogP contribution in [0.3, 0.4) is 0 Å². The number of methoxy groups -OCH3 is 1. The van der Waals surface area contributed by atoms with Crippen molar-refractivity contribution in [3.63, 3.8) is 0 Å². The van der Waals surface area contributed by atoms with E-state index in [0.29, 0.717) is 0 Å². The first-order chi connectivity index (χ1) is 7.92. The van der Waals surface area contributed by atoms with Crippen LogP contribution in [0.25, 0.3) is 0 Å². The van der Waals surface area contributed by atoms with Crippen LogP contribution in [0.2, 0.25) is 0 Å². The van der Waals surface area contributed by atoms with E-state index in [1.54, 1.807) is 0 Å². The zero-order valence-corrected chi connectivity index (χ0v) is 8.47. The summed E-state index contributed by atoms with van der Waals surface area (Å²) >= 11 is 0. The summed E-state index contributed by atoms with van der Waals surface area (Å²) in [5, 5.41) is 0. The molecule has 0 aliphatic heterocycles. The van der Waals surface area contributed by atoms with E-state index in [1.165, 1.54) is 0 Å². The second-order valence-electron chi connectivity index (χ2n) is 3.37. The zero-order valence-electron chi connectivity index (χ0n) is 9.47. The van der Waals surface area contributed by atoms with Crippen molar-refractivity contribution in [3.8, 4) is 0 Å². The number of benzene rings is 2. The maximum absolute atomic E-state index is 7.21. The predicted molar refractivity (Wildman–Crippen MR) is 61.7 cm³/mol. The third kappa shape index (κ3) is 2.25. The van der Waals surface area contributed by atoms with Gasteiger partial charge in [0.2, 0.25) is 0 Å². The van der Waals surface area contributed by atoms with Crippen molar-refractivity contribution >= 4 is 0 Å². The normalized spacial score (nSPS) is 11.4. The molecule has 0 N–H and O–H groups in total. The summed E-state index contributed by atoms with van der Waals surface area (Å²) < 4.78 is 12.7. The molecular formula is C14H14O. The van der Waals surface area contributed by atoms with Crippen LogP contribution in [0.1, 0.15) is 18.6 Å². The van der Waals surface area contributed by atoms with Gasteiger partial charge in [-0.25, -0.2) is 0 Å². The molecule has 2 aromatic rings. The van der Waals surface area contributed by atoms with E-state index < -0.39 is 0 Å². The van der Waals surface area contributed by atoms with Gasteiger partial charge in [0.15, 0.2) is 0 Å². The molecule has 0 saturated carbocycles. The van der Waals surface area contributed by atoms with Gasteiger partial charge in [-0.1, -0.05) is 60.7 Å². The van der Waals surface area contributed by atoms with Gasteiger partial charge in [0, 0.05) is 7.09 Å². The summed E-state index contributed by atoms with van der Waals surface area (Å²) in [6.45, 7) is 0. The molecule has 2 rings (SSSR count). The van der Waals surface area contributed by atoms with E-state index >= 15 is 0 Å². The highest BCUT2D eigenvalue weighted by molar-refractivity contribution is 5.29.